The van der Waals surface area contributed by atoms with E-state index >= 15 is 0 Å². The Balaban J connectivity index is 1.74. The minimum atomic E-state index is -3.54. The summed E-state index contributed by atoms with van der Waals surface area (Å²) in [5, 5.41) is 0.626. The fourth-order valence-electron chi connectivity index (χ4n) is 3.04. The Kier molecular flexibility index (Phi) is 5.43. The fraction of sp³-hybridized carbons (Fsp3) is 0.438. The second kappa shape index (κ2) is 7.16. The Hall–Kier alpha value is -1.06. The van der Waals surface area contributed by atoms with Crippen molar-refractivity contribution in [1.29, 1.82) is 0 Å². The highest BCUT2D eigenvalue weighted by atomic mass is 35.5. The summed E-state index contributed by atoms with van der Waals surface area (Å²) in [6.07, 6.45) is 0. The lowest BCUT2D eigenvalue weighted by Gasteiger charge is -2.34. The van der Waals surface area contributed by atoms with E-state index < -0.39 is 10.0 Å². The number of nitrogens with zero attached hydrogens (tertiary/aromatic N) is 3. The summed E-state index contributed by atoms with van der Waals surface area (Å²) in [5.41, 5.74) is 0.389. The molecule has 0 bridgehead atoms. The number of hydrogen-bond acceptors (Lipinski definition) is 4. The van der Waals surface area contributed by atoms with Crippen LogP contribution in [0.1, 0.15) is 20.2 Å². The lowest BCUT2D eigenvalue weighted by Crippen LogP contribution is -2.50. The Labute approximate surface area is 167 Å². The molecular weight excluding hydrogens is 417 g/mol. The molecule has 10 heteroatoms. The van der Waals surface area contributed by atoms with Crippen LogP contribution in [0.15, 0.2) is 17.0 Å². The van der Waals surface area contributed by atoms with Crippen LogP contribution in [0.25, 0.3) is 0 Å². The zero-order valence-corrected chi connectivity index (χ0v) is 17.8. The SMILES string of the molecule is Cc1cc(S(=O)(=O)N2CCN(C(=O)c3cc(Cl)c(Cl)n3C)CC2)c(C)s1. The van der Waals surface area contributed by atoms with E-state index in [0.717, 1.165) is 9.75 Å². The maximum absolute atomic E-state index is 12.9. The molecule has 26 heavy (non-hydrogen) atoms. The average Bonchev–Trinajstić information content (AvgIpc) is 3.08. The minimum absolute atomic E-state index is 0.207. The van der Waals surface area contributed by atoms with Gasteiger partial charge in [0.15, 0.2) is 0 Å². The van der Waals surface area contributed by atoms with E-state index in [1.54, 1.807) is 18.0 Å². The zero-order valence-electron chi connectivity index (χ0n) is 14.6. The van der Waals surface area contributed by atoms with Gasteiger partial charge in [-0.05, 0) is 26.0 Å². The summed E-state index contributed by atoms with van der Waals surface area (Å²) in [4.78, 5) is 16.4. The van der Waals surface area contributed by atoms with Gasteiger partial charge in [0.1, 0.15) is 10.8 Å². The van der Waals surface area contributed by atoms with Crippen LogP contribution in [0, 0.1) is 13.8 Å². The molecule has 0 spiro atoms. The van der Waals surface area contributed by atoms with Gasteiger partial charge in [-0.25, -0.2) is 8.42 Å². The number of sulfonamides is 1. The first-order chi connectivity index (χ1) is 12.1. The Bertz CT molecular complexity index is 958. The number of thiophene rings is 1. The zero-order chi connectivity index (χ0) is 19.2. The highest BCUT2D eigenvalue weighted by molar-refractivity contribution is 7.89. The number of halogens is 2. The minimum Gasteiger partial charge on any atom is -0.335 e. The van der Waals surface area contributed by atoms with Crippen LogP contribution in [-0.4, -0.2) is 54.3 Å². The predicted molar refractivity (Wildman–Crippen MR) is 104 cm³/mol. The molecule has 0 aromatic carbocycles. The van der Waals surface area contributed by atoms with Gasteiger partial charge in [-0.15, -0.1) is 11.3 Å². The van der Waals surface area contributed by atoms with E-state index in [0.29, 0.717) is 33.9 Å². The molecule has 2 aromatic rings. The summed E-state index contributed by atoms with van der Waals surface area (Å²) in [7, 11) is -1.87. The molecule has 3 rings (SSSR count). The highest BCUT2D eigenvalue weighted by Crippen LogP contribution is 2.29. The summed E-state index contributed by atoms with van der Waals surface area (Å²) in [6, 6.07) is 3.24. The molecule has 0 aliphatic carbocycles. The van der Waals surface area contributed by atoms with Crippen LogP contribution in [0.5, 0.6) is 0 Å². The van der Waals surface area contributed by atoms with Crippen molar-refractivity contribution in [2.45, 2.75) is 18.7 Å². The van der Waals surface area contributed by atoms with Gasteiger partial charge >= 0.3 is 0 Å². The van der Waals surface area contributed by atoms with Gasteiger partial charge in [0, 0.05) is 43.0 Å². The molecule has 1 fully saturated rings. The average molecular weight is 436 g/mol. The Morgan fingerprint density at radius 3 is 2.19 bits per heavy atom. The quantitative estimate of drug-likeness (QED) is 0.743. The van der Waals surface area contributed by atoms with Crippen molar-refractivity contribution in [1.82, 2.24) is 13.8 Å². The van der Waals surface area contributed by atoms with Crippen LogP contribution >= 0.6 is 34.5 Å². The summed E-state index contributed by atoms with van der Waals surface area (Å²) in [6.45, 7) is 4.86. The molecular formula is C16H19Cl2N3O3S2. The van der Waals surface area contributed by atoms with E-state index in [4.69, 9.17) is 23.2 Å². The first kappa shape index (κ1) is 19.7. The number of aryl methyl sites for hydroxylation is 2. The fourth-order valence-corrected chi connectivity index (χ4v) is 6.37. The van der Waals surface area contributed by atoms with Gasteiger partial charge in [0.25, 0.3) is 5.91 Å². The molecule has 1 aliphatic rings. The molecule has 1 aliphatic heterocycles. The van der Waals surface area contributed by atoms with Gasteiger partial charge in [-0.3, -0.25) is 4.79 Å². The Morgan fingerprint density at radius 1 is 1.12 bits per heavy atom. The van der Waals surface area contributed by atoms with Crippen LogP contribution in [0.4, 0.5) is 0 Å². The van der Waals surface area contributed by atoms with Crippen molar-refractivity contribution in [3.63, 3.8) is 0 Å². The number of hydrogen-bond donors (Lipinski definition) is 0. The predicted octanol–water partition coefficient (Wildman–Crippen LogP) is 3.16. The van der Waals surface area contributed by atoms with Crippen LogP contribution in [-0.2, 0) is 17.1 Å². The van der Waals surface area contributed by atoms with Crippen LogP contribution in [0.3, 0.4) is 0 Å². The first-order valence-corrected chi connectivity index (χ1v) is 11.0. The topological polar surface area (TPSA) is 62.6 Å². The van der Waals surface area contributed by atoms with Crippen molar-refractivity contribution < 1.29 is 13.2 Å². The number of carbonyl (C=O) groups excluding carboxylic acids is 1. The van der Waals surface area contributed by atoms with Crippen molar-refractivity contribution >= 4 is 50.5 Å². The molecule has 1 amide bonds. The summed E-state index contributed by atoms with van der Waals surface area (Å²) >= 11 is 13.5. The molecule has 142 valence electrons. The lowest BCUT2D eigenvalue weighted by molar-refractivity contribution is 0.0688. The maximum atomic E-state index is 12.9. The van der Waals surface area contributed by atoms with Gasteiger partial charge in [0.2, 0.25) is 10.0 Å². The number of rotatable bonds is 3. The Morgan fingerprint density at radius 2 is 1.73 bits per heavy atom. The number of carbonyl (C=O) groups is 1. The second-order valence-electron chi connectivity index (χ2n) is 6.20. The first-order valence-electron chi connectivity index (χ1n) is 8.00. The van der Waals surface area contributed by atoms with E-state index in [-0.39, 0.29) is 19.0 Å². The van der Waals surface area contributed by atoms with Crippen molar-refractivity contribution in [3.8, 4) is 0 Å². The smallest absolute Gasteiger partial charge is 0.270 e. The molecule has 0 unspecified atom stereocenters. The second-order valence-corrected chi connectivity index (χ2v) is 10.3. The van der Waals surface area contributed by atoms with E-state index in [1.807, 2.05) is 13.8 Å². The van der Waals surface area contributed by atoms with E-state index in [9.17, 15) is 13.2 Å². The maximum Gasteiger partial charge on any atom is 0.270 e. The van der Waals surface area contributed by atoms with Crippen LogP contribution < -0.4 is 0 Å². The summed E-state index contributed by atoms with van der Waals surface area (Å²) < 4.78 is 28.7. The number of aromatic nitrogens is 1. The molecule has 0 atom stereocenters. The highest BCUT2D eigenvalue weighted by Gasteiger charge is 2.32. The van der Waals surface area contributed by atoms with E-state index in [1.165, 1.54) is 26.3 Å². The molecule has 6 nitrogen and oxygen atoms in total. The van der Waals surface area contributed by atoms with Crippen LogP contribution in [0.2, 0.25) is 10.2 Å². The molecule has 0 saturated carbocycles. The van der Waals surface area contributed by atoms with Crippen molar-refractivity contribution in [3.05, 3.63) is 37.8 Å². The van der Waals surface area contributed by atoms with Gasteiger partial charge in [-0.2, -0.15) is 4.31 Å². The molecule has 0 N–H and O–H groups in total. The van der Waals surface area contributed by atoms with Gasteiger partial charge < -0.3 is 9.47 Å². The van der Waals surface area contributed by atoms with Gasteiger partial charge in [0.05, 0.1) is 9.92 Å². The molecule has 1 saturated heterocycles. The van der Waals surface area contributed by atoms with Crippen molar-refractivity contribution in [2.75, 3.05) is 26.2 Å². The van der Waals surface area contributed by atoms with Gasteiger partial charge in [-0.1, -0.05) is 23.2 Å². The van der Waals surface area contributed by atoms with E-state index in [2.05, 4.69) is 0 Å². The normalized spacial score (nSPS) is 16.3. The largest absolute Gasteiger partial charge is 0.335 e. The monoisotopic (exact) mass is 435 g/mol. The number of amides is 1. The van der Waals surface area contributed by atoms with Crippen molar-refractivity contribution in [2.24, 2.45) is 7.05 Å². The standard InChI is InChI=1S/C16H19Cl2N3O3S2/c1-10-8-14(11(2)25-10)26(23,24)21-6-4-20(5-7-21)16(22)13-9-12(17)15(18)19(13)3/h8-9H,4-7H2,1-3H3. The molecule has 0 radical (unpaired) electrons. The molecule has 2 aromatic heterocycles. The third kappa shape index (κ3) is 3.41. The number of piperazine rings is 1. The third-order valence-electron chi connectivity index (χ3n) is 4.47. The lowest BCUT2D eigenvalue weighted by atomic mass is 10.3. The summed E-state index contributed by atoms with van der Waals surface area (Å²) in [5.74, 6) is -0.207. The molecule has 3 heterocycles. The third-order valence-corrected chi connectivity index (χ3v) is 8.44.